The predicted molar refractivity (Wildman–Crippen MR) is 57.4 cm³/mol. The maximum absolute atomic E-state index is 11.5. The van der Waals surface area contributed by atoms with Crippen molar-refractivity contribution in [3.05, 3.63) is 0 Å². The molecule has 5 atom stereocenters. The van der Waals surface area contributed by atoms with E-state index in [0.717, 1.165) is 12.8 Å². The molecule has 5 unspecified atom stereocenters. The van der Waals surface area contributed by atoms with Gasteiger partial charge in [0.05, 0.1) is 18.6 Å². The van der Waals surface area contributed by atoms with E-state index in [2.05, 4.69) is 0 Å². The summed E-state index contributed by atoms with van der Waals surface area (Å²) in [6.07, 6.45) is 1.71. The monoisotopic (exact) mass is 256 g/mol. The van der Waals surface area contributed by atoms with Gasteiger partial charge in [0.2, 0.25) is 0 Å². The fourth-order valence-corrected chi connectivity index (χ4v) is 3.52. The van der Waals surface area contributed by atoms with E-state index in [-0.39, 0.29) is 37.3 Å². The van der Waals surface area contributed by atoms with Crippen LogP contribution in [0.1, 0.15) is 12.8 Å². The van der Waals surface area contributed by atoms with Gasteiger partial charge in [-0.1, -0.05) is 0 Å². The molecule has 18 heavy (non-hydrogen) atoms. The summed E-state index contributed by atoms with van der Waals surface area (Å²) < 4.78 is 15.7. The molecule has 3 rings (SSSR count). The van der Waals surface area contributed by atoms with E-state index in [9.17, 15) is 9.59 Å². The standard InChI is InChI=1S/C12H16O6/c13-5-9(14)16-1-2-17-10-6-3-7-8(4-6)12(15)18-11(7)10/h6-8,10-11,13H,1-5H2. The van der Waals surface area contributed by atoms with Gasteiger partial charge in [0, 0.05) is 5.92 Å². The van der Waals surface area contributed by atoms with Crippen LogP contribution >= 0.6 is 0 Å². The first-order valence-corrected chi connectivity index (χ1v) is 6.29. The predicted octanol–water partition coefficient (Wildman–Crippen LogP) is -0.512. The molecule has 3 aliphatic rings. The number of aliphatic hydroxyl groups excluding tert-OH is 1. The lowest BCUT2D eigenvalue weighted by atomic mass is 9.88. The van der Waals surface area contributed by atoms with Gasteiger partial charge in [-0.25, -0.2) is 4.79 Å². The normalized spacial score (nSPS) is 40.1. The highest BCUT2D eigenvalue weighted by Gasteiger charge is 2.62. The Balaban J connectivity index is 1.47. The van der Waals surface area contributed by atoms with Gasteiger partial charge >= 0.3 is 11.9 Å². The Kier molecular flexibility index (Phi) is 2.99. The average Bonchev–Trinajstić information content (AvgIpc) is 2.97. The number of esters is 2. The molecule has 1 heterocycles. The lowest BCUT2D eigenvalue weighted by Gasteiger charge is -2.25. The molecule has 2 aliphatic carbocycles. The zero-order chi connectivity index (χ0) is 12.7. The maximum atomic E-state index is 11.5. The van der Waals surface area contributed by atoms with Crippen LogP contribution in [-0.2, 0) is 23.8 Å². The number of ether oxygens (including phenoxy) is 3. The van der Waals surface area contributed by atoms with E-state index in [0.29, 0.717) is 11.8 Å². The summed E-state index contributed by atoms with van der Waals surface area (Å²) in [5.74, 6) is 0.0776. The van der Waals surface area contributed by atoms with E-state index >= 15 is 0 Å². The summed E-state index contributed by atoms with van der Waals surface area (Å²) >= 11 is 0. The molecule has 0 radical (unpaired) electrons. The Morgan fingerprint density at radius 3 is 3.00 bits per heavy atom. The quantitative estimate of drug-likeness (QED) is 0.527. The van der Waals surface area contributed by atoms with Crippen LogP contribution < -0.4 is 0 Å². The van der Waals surface area contributed by atoms with Crippen LogP contribution in [0.5, 0.6) is 0 Å². The minimum absolute atomic E-state index is 0.0504. The molecular weight excluding hydrogens is 240 g/mol. The molecule has 0 aromatic rings. The Morgan fingerprint density at radius 1 is 1.39 bits per heavy atom. The van der Waals surface area contributed by atoms with E-state index in [1.807, 2.05) is 0 Å². The molecule has 0 aromatic carbocycles. The van der Waals surface area contributed by atoms with Crippen LogP contribution in [0.25, 0.3) is 0 Å². The third-order valence-electron chi connectivity index (χ3n) is 4.20. The van der Waals surface area contributed by atoms with Crippen LogP contribution in [0.4, 0.5) is 0 Å². The van der Waals surface area contributed by atoms with Gasteiger partial charge in [-0.15, -0.1) is 0 Å². The molecule has 0 amide bonds. The fourth-order valence-electron chi connectivity index (χ4n) is 3.52. The van der Waals surface area contributed by atoms with Crippen molar-refractivity contribution in [1.82, 2.24) is 0 Å². The van der Waals surface area contributed by atoms with Gasteiger partial charge in [-0.05, 0) is 18.8 Å². The number of hydrogen-bond donors (Lipinski definition) is 1. The Hall–Kier alpha value is -1.14. The molecule has 0 aromatic heterocycles. The molecule has 2 bridgehead atoms. The molecule has 1 aliphatic heterocycles. The number of rotatable bonds is 5. The van der Waals surface area contributed by atoms with Crippen molar-refractivity contribution < 1.29 is 28.9 Å². The molecule has 3 fully saturated rings. The number of carbonyl (C=O) groups excluding carboxylic acids is 2. The summed E-state index contributed by atoms with van der Waals surface area (Å²) in [7, 11) is 0. The first-order chi connectivity index (χ1) is 8.70. The number of carbonyl (C=O) groups is 2. The second-order valence-electron chi connectivity index (χ2n) is 5.12. The van der Waals surface area contributed by atoms with Gasteiger partial charge < -0.3 is 19.3 Å². The molecule has 1 N–H and O–H groups in total. The van der Waals surface area contributed by atoms with Crippen LogP contribution in [0.2, 0.25) is 0 Å². The number of aliphatic hydroxyl groups is 1. The van der Waals surface area contributed by atoms with Crippen molar-refractivity contribution in [3.8, 4) is 0 Å². The van der Waals surface area contributed by atoms with E-state index in [1.165, 1.54) is 0 Å². The first kappa shape index (κ1) is 11.9. The topological polar surface area (TPSA) is 82.1 Å². The van der Waals surface area contributed by atoms with Crippen molar-refractivity contribution in [2.45, 2.75) is 25.0 Å². The second kappa shape index (κ2) is 4.51. The molecule has 6 heteroatoms. The zero-order valence-electron chi connectivity index (χ0n) is 9.91. The summed E-state index contributed by atoms with van der Waals surface area (Å²) in [5, 5.41) is 8.47. The SMILES string of the molecule is O=C(CO)OCCOC1C2CC3C(=O)OC1C3C2. The molecule has 100 valence electrons. The van der Waals surface area contributed by atoms with Crippen molar-refractivity contribution in [2.24, 2.45) is 17.8 Å². The van der Waals surface area contributed by atoms with Crippen LogP contribution in [-0.4, -0.2) is 49.1 Å². The van der Waals surface area contributed by atoms with Crippen molar-refractivity contribution in [2.75, 3.05) is 19.8 Å². The lowest BCUT2D eigenvalue weighted by Crippen LogP contribution is -2.35. The highest BCUT2D eigenvalue weighted by atomic mass is 16.6. The van der Waals surface area contributed by atoms with Crippen molar-refractivity contribution in [3.63, 3.8) is 0 Å². The zero-order valence-corrected chi connectivity index (χ0v) is 9.91. The van der Waals surface area contributed by atoms with Crippen LogP contribution in [0.3, 0.4) is 0 Å². The Bertz CT molecular complexity index is 368. The van der Waals surface area contributed by atoms with Crippen molar-refractivity contribution in [1.29, 1.82) is 0 Å². The van der Waals surface area contributed by atoms with Gasteiger partial charge in [-0.2, -0.15) is 0 Å². The van der Waals surface area contributed by atoms with E-state index in [1.54, 1.807) is 0 Å². The minimum atomic E-state index is -0.654. The summed E-state index contributed by atoms with van der Waals surface area (Å²) in [6.45, 7) is -0.217. The number of fused-ring (bicyclic) bond motifs is 1. The third-order valence-corrected chi connectivity index (χ3v) is 4.20. The highest BCUT2D eigenvalue weighted by molar-refractivity contribution is 5.76. The molecular formula is C12H16O6. The van der Waals surface area contributed by atoms with Gasteiger partial charge in [0.15, 0.2) is 0 Å². The summed E-state index contributed by atoms with van der Waals surface area (Å²) in [6, 6.07) is 0. The average molecular weight is 256 g/mol. The first-order valence-electron chi connectivity index (χ1n) is 6.29. The largest absolute Gasteiger partial charge is 0.462 e. The van der Waals surface area contributed by atoms with Crippen molar-refractivity contribution >= 4 is 11.9 Å². The minimum Gasteiger partial charge on any atom is -0.462 e. The van der Waals surface area contributed by atoms with Gasteiger partial charge in [0.1, 0.15) is 19.3 Å². The van der Waals surface area contributed by atoms with Gasteiger partial charge in [0.25, 0.3) is 0 Å². The smallest absolute Gasteiger partial charge is 0.331 e. The molecule has 1 saturated heterocycles. The Labute approximate surface area is 104 Å². The fraction of sp³-hybridized carbons (Fsp3) is 0.833. The third kappa shape index (κ3) is 1.80. The van der Waals surface area contributed by atoms with Crippen LogP contribution in [0.15, 0.2) is 0 Å². The van der Waals surface area contributed by atoms with Gasteiger partial charge in [-0.3, -0.25) is 4.79 Å². The summed E-state index contributed by atoms with van der Waals surface area (Å²) in [5.41, 5.74) is 0. The second-order valence-corrected chi connectivity index (χ2v) is 5.12. The number of hydrogen-bond acceptors (Lipinski definition) is 6. The van der Waals surface area contributed by atoms with E-state index < -0.39 is 12.6 Å². The maximum Gasteiger partial charge on any atom is 0.331 e. The lowest BCUT2D eigenvalue weighted by molar-refractivity contribution is -0.152. The molecule has 0 spiro atoms. The molecule has 2 saturated carbocycles. The van der Waals surface area contributed by atoms with Crippen LogP contribution in [0, 0.1) is 17.8 Å². The molecule has 6 nitrogen and oxygen atoms in total. The summed E-state index contributed by atoms with van der Waals surface area (Å²) in [4.78, 5) is 22.2. The van der Waals surface area contributed by atoms with E-state index in [4.69, 9.17) is 19.3 Å². The highest BCUT2D eigenvalue weighted by Crippen LogP contribution is 2.55. The Morgan fingerprint density at radius 2 is 2.22 bits per heavy atom.